The second-order valence-electron chi connectivity index (χ2n) is 21.5. The molecule has 2 fully saturated rings. The van der Waals surface area contributed by atoms with Crippen molar-refractivity contribution in [1.82, 2.24) is 5.32 Å². The van der Waals surface area contributed by atoms with Crippen LogP contribution in [0.5, 0.6) is 0 Å². The third-order valence-electron chi connectivity index (χ3n) is 14.6. The van der Waals surface area contributed by atoms with Gasteiger partial charge in [0.25, 0.3) is 0 Å². The number of nitrogens with one attached hydrogen (secondary N) is 1. The average Bonchev–Trinajstić information content (AvgIpc) is 3.44. The van der Waals surface area contributed by atoms with Gasteiger partial charge in [0.1, 0.15) is 48.8 Å². The molecule has 14 nitrogen and oxygen atoms in total. The minimum Gasteiger partial charge on any atom is -0.394 e. The number of hydrogen-bond acceptors (Lipinski definition) is 13. The van der Waals surface area contributed by atoms with Crippen LogP contribution in [0.1, 0.15) is 226 Å². The van der Waals surface area contributed by atoms with Gasteiger partial charge in [-0.1, -0.05) is 209 Å². The van der Waals surface area contributed by atoms with Gasteiger partial charge in [-0.2, -0.15) is 0 Å². The molecule has 2 aliphatic heterocycles. The summed E-state index contributed by atoms with van der Waals surface area (Å²) in [7, 11) is 0. The van der Waals surface area contributed by atoms with Crippen molar-refractivity contribution in [2.45, 2.75) is 299 Å². The normalized spacial score (nSPS) is 25.2. The molecule has 12 atom stereocenters. The lowest BCUT2D eigenvalue weighted by Gasteiger charge is -2.46. The van der Waals surface area contributed by atoms with Crippen molar-refractivity contribution in [3.63, 3.8) is 0 Å². The molecule has 1 amide bonds. The van der Waals surface area contributed by atoms with Crippen LogP contribution in [0.3, 0.4) is 0 Å². The molecule has 0 aromatic rings. The Balaban J connectivity index is 1.77. The van der Waals surface area contributed by atoms with Crippen molar-refractivity contribution in [3.8, 4) is 0 Å². The van der Waals surface area contributed by atoms with E-state index in [1.54, 1.807) is 6.08 Å². The Kier molecular flexibility index (Phi) is 44.1. The van der Waals surface area contributed by atoms with E-state index in [0.717, 1.165) is 64.2 Å². The first kappa shape index (κ1) is 70.5. The molecule has 2 aliphatic rings. The Morgan fingerprint density at radius 2 is 0.870 bits per heavy atom. The fraction of sp³-hybridized carbons (Fsp3) is 0.794. The van der Waals surface area contributed by atoms with Crippen molar-refractivity contribution in [3.05, 3.63) is 72.9 Å². The van der Waals surface area contributed by atoms with E-state index < -0.39 is 86.8 Å². The number of aliphatic hydroxyl groups excluding tert-OH is 8. The quantitative estimate of drug-likeness (QED) is 0.0204. The van der Waals surface area contributed by atoms with Crippen LogP contribution in [0, 0.1) is 0 Å². The number of carbonyl (C=O) groups is 1. The fourth-order valence-corrected chi connectivity index (χ4v) is 9.62. The molecule has 0 bridgehead atoms. The molecule has 2 heterocycles. The summed E-state index contributed by atoms with van der Waals surface area (Å²) in [6.07, 6.45) is 46.5. The van der Waals surface area contributed by atoms with Crippen molar-refractivity contribution in [2.24, 2.45) is 0 Å². The Morgan fingerprint density at radius 3 is 1.36 bits per heavy atom. The molecule has 14 heteroatoms. The molecule has 0 aliphatic carbocycles. The number of aliphatic hydroxyl groups is 8. The highest BCUT2D eigenvalue weighted by molar-refractivity contribution is 5.76. The summed E-state index contributed by atoms with van der Waals surface area (Å²) in [4.78, 5) is 13.3. The first-order valence-corrected chi connectivity index (χ1v) is 30.7. The number of unbranched alkanes of at least 4 members (excludes halogenated alkanes) is 25. The van der Waals surface area contributed by atoms with Crippen LogP contribution in [-0.4, -0.2) is 140 Å². The molecule has 0 spiro atoms. The maximum atomic E-state index is 13.3. The summed E-state index contributed by atoms with van der Waals surface area (Å²) >= 11 is 0. The lowest BCUT2D eigenvalue weighted by molar-refractivity contribution is -0.359. The Labute approximate surface area is 466 Å². The van der Waals surface area contributed by atoms with Gasteiger partial charge in [0, 0.05) is 6.42 Å². The van der Waals surface area contributed by atoms with Crippen LogP contribution in [0.2, 0.25) is 0 Å². The second-order valence-corrected chi connectivity index (χ2v) is 21.5. The number of carbonyl (C=O) groups excluding carboxylic acids is 1. The summed E-state index contributed by atoms with van der Waals surface area (Å²) < 4.78 is 22.8. The number of hydrogen-bond donors (Lipinski definition) is 9. The smallest absolute Gasteiger partial charge is 0.220 e. The standard InChI is InChI=1S/C63H111NO13/c1-3-5-7-9-11-13-15-17-19-21-23-24-25-26-27-28-29-31-33-35-37-39-41-43-45-47-55(68)64-51(52(67)46-44-42-40-38-36-34-32-30-22-20-18-16-14-12-10-8-6-4-2)50-74-62-60(73)58(71)61(54(49-66)76-62)77-63-59(72)57(70)56(69)53(48-65)75-63/h15,17,21-23,25-26,30,36,38,44,46,51-54,56-63,65-67,69-73H,3-14,16,18-20,24,27-29,31-35,37,39-43,45,47-50H2,1-2H3,(H,64,68)/b17-15-,23-21-,26-25-,30-22+,38-36+,46-44+. The fourth-order valence-electron chi connectivity index (χ4n) is 9.62. The van der Waals surface area contributed by atoms with Crippen molar-refractivity contribution in [2.75, 3.05) is 19.8 Å². The number of allylic oxidation sites excluding steroid dienone is 11. The number of rotatable bonds is 48. The highest BCUT2D eigenvalue weighted by Crippen LogP contribution is 2.30. The van der Waals surface area contributed by atoms with Crippen LogP contribution in [-0.2, 0) is 23.7 Å². The van der Waals surface area contributed by atoms with Gasteiger partial charge >= 0.3 is 0 Å². The van der Waals surface area contributed by atoms with E-state index in [9.17, 15) is 45.6 Å². The molecular formula is C63H111NO13. The van der Waals surface area contributed by atoms with Gasteiger partial charge in [-0.3, -0.25) is 4.79 Å². The van der Waals surface area contributed by atoms with E-state index >= 15 is 0 Å². The second kappa shape index (κ2) is 48.2. The number of ether oxygens (including phenoxy) is 4. The summed E-state index contributed by atoms with van der Waals surface area (Å²) in [5, 5.41) is 87.1. The molecule has 0 radical (unpaired) electrons. The highest BCUT2D eigenvalue weighted by Gasteiger charge is 2.51. The lowest BCUT2D eigenvalue weighted by atomic mass is 9.97. The molecule has 0 aromatic heterocycles. The molecule has 446 valence electrons. The predicted molar refractivity (Wildman–Crippen MR) is 309 cm³/mol. The van der Waals surface area contributed by atoms with Gasteiger partial charge in [-0.15, -0.1) is 0 Å². The van der Waals surface area contributed by atoms with Crippen LogP contribution in [0.4, 0.5) is 0 Å². The van der Waals surface area contributed by atoms with Crippen molar-refractivity contribution >= 4 is 5.91 Å². The maximum absolute atomic E-state index is 13.3. The topological polar surface area (TPSA) is 228 Å². The Hall–Kier alpha value is -2.57. The zero-order valence-corrected chi connectivity index (χ0v) is 47.9. The molecule has 9 N–H and O–H groups in total. The van der Waals surface area contributed by atoms with Gasteiger partial charge in [0.05, 0.1) is 32.0 Å². The predicted octanol–water partition coefficient (Wildman–Crippen LogP) is 10.7. The third-order valence-corrected chi connectivity index (χ3v) is 14.6. The summed E-state index contributed by atoms with van der Waals surface area (Å²) in [6, 6.07) is -0.944. The summed E-state index contributed by atoms with van der Waals surface area (Å²) in [5.74, 6) is -0.259. The van der Waals surface area contributed by atoms with Gasteiger partial charge in [0.15, 0.2) is 12.6 Å². The summed E-state index contributed by atoms with van der Waals surface area (Å²) in [5.41, 5.74) is 0. The Bertz CT molecular complexity index is 1570. The van der Waals surface area contributed by atoms with Gasteiger partial charge in [-0.25, -0.2) is 0 Å². The molecular weight excluding hydrogens is 979 g/mol. The highest BCUT2D eigenvalue weighted by atomic mass is 16.7. The Morgan fingerprint density at radius 1 is 0.468 bits per heavy atom. The van der Waals surface area contributed by atoms with Crippen LogP contribution in [0.25, 0.3) is 0 Å². The zero-order valence-electron chi connectivity index (χ0n) is 47.9. The van der Waals surface area contributed by atoms with Crippen molar-refractivity contribution in [1.29, 1.82) is 0 Å². The first-order chi connectivity index (χ1) is 37.6. The van der Waals surface area contributed by atoms with Gasteiger partial charge in [0.2, 0.25) is 5.91 Å². The largest absolute Gasteiger partial charge is 0.394 e. The third kappa shape index (κ3) is 33.7. The maximum Gasteiger partial charge on any atom is 0.220 e. The van der Waals surface area contributed by atoms with E-state index in [1.807, 2.05) is 6.08 Å². The number of amides is 1. The van der Waals surface area contributed by atoms with Crippen molar-refractivity contribution < 1.29 is 64.6 Å². The van der Waals surface area contributed by atoms with Gasteiger partial charge < -0.3 is 65.1 Å². The van der Waals surface area contributed by atoms with E-state index in [0.29, 0.717) is 12.8 Å². The van der Waals surface area contributed by atoms with Crippen LogP contribution < -0.4 is 5.32 Å². The lowest BCUT2D eigenvalue weighted by Crippen LogP contribution is -2.65. The molecule has 0 saturated carbocycles. The monoisotopic (exact) mass is 1090 g/mol. The van der Waals surface area contributed by atoms with E-state index in [2.05, 4.69) is 79.9 Å². The minimum absolute atomic E-state index is 0.259. The molecule has 12 unspecified atom stereocenters. The molecule has 0 aromatic carbocycles. The van der Waals surface area contributed by atoms with E-state index in [-0.39, 0.29) is 18.9 Å². The van der Waals surface area contributed by atoms with E-state index in [1.165, 1.54) is 128 Å². The molecule has 2 rings (SSSR count). The van der Waals surface area contributed by atoms with Crippen LogP contribution in [0.15, 0.2) is 72.9 Å². The average molecular weight is 1090 g/mol. The molecule has 2 saturated heterocycles. The minimum atomic E-state index is -1.80. The summed E-state index contributed by atoms with van der Waals surface area (Å²) in [6.45, 7) is 2.75. The SMILES string of the molecule is CCCCCCC/C=C\C/C=C\C/C=C\CCCCCCCCCCCCC(=O)NC(COC1OC(CO)C(OC2OC(CO)C(O)C(O)C2O)C(O)C1O)C(O)/C=C/CC/C=C/CC/C=C/CCCCCCCCCC. The zero-order chi connectivity index (χ0) is 56.0. The first-order valence-electron chi connectivity index (χ1n) is 30.7. The van der Waals surface area contributed by atoms with E-state index in [4.69, 9.17) is 18.9 Å². The van der Waals surface area contributed by atoms with Gasteiger partial charge in [-0.05, 0) is 83.5 Å². The molecule has 77 heavy (non-hydrogen) atoms. The van der Waals surface area contributed by atoms with Crippen LogP contribution >= 0.6 is 0 Å².